The summed E-state index contributed by atoms with van der Waals surface area (Å²) in [4.78, 5) is 24.0. The zero-order chi connectivity index (χ0) is 15.9. The van der Waals surface area contributed by atoms with Gasteiger partial charge in [0.1, 0.15) is 5.75 Å². The van der Waals surface area contributed by atoms with Gasteiger partial charge in [0.25, 0.3) is 0 Å². The third-order valence-corrected chi connectivity index (χ3v) is 4.34. The van der Waals surface area contributed by atoms with E-state index in [0.717, 1.165) is 23.7 Å². The third kappa shape index (κ3) is 4.94. The number of nitrogens with one attached hydrogen (secondary N) is 1. The molecule has 22 heavy (non-hydrogen) atoms. The summed E-state index contributed by atoms with van der Waals surface area (Å²) in [6.45, 7) is 5.41. The van der Waals surface area contributed by atoms with Crippen LogP contribution in [0.15, 0.2) is 18.2 Å². The van der Waals surface area contributed by atoms with Crippen LogP contribution in [0.2, 0.25) is 0 Å². The highest BCUT2D eigenvalue weighted by Gasteiger charge is 2.27. The monoisotopic (exact) mass is 322 g/mol. The molecule has 0 spiro atoms. The zero-order valence-electron chi connectivity index (χ0n) is 13.1. The highest BCUT2D eigenvalue weighted by Crippen LogP contribution is 2.16. The number of carbonyl (C=O) groups excluding carboxylic acids is 2. The van der Waals surface area contributed by atoms with Gasteiger partial charge in [-0.05, 0) is 49.3 Å². The van der Waals surface area contributed by atoms with Crippen LogP contribution in [-0.4, -0.2) is 48.0 Å². The normalized spacial score (nSPS) is 14.4. The lowest BCUT2D eigenvalue weighted by molar-refractivity contribution is -0.124. The number of hydrogen-bond acceptors (Lipinski definition) is 4. The van der Waals surface area contributed by atoms with Crippen molar-refractivity contribution in [3.8, 4) is 5.75 Å². The van der Waals surface area contributed by atoms with E-state index in [2.05, 4.69) is 25.2 Å². The molecule has 0 unspecified atom stereocenters. The van der Waals surface area contributed by atoms with Gasteiger partial charge in [-0.25, -0.2) is 4.79 Å². The Kier molecular flexibility index (Phi) is 6.12. The number of ether oxygens (including phenoxy) is 1. The van der Waals surface area contributed by atoms with E-state index >= 15 is 0 Å². The Balaban J connectivity index is 1.56. The van der Waals surface area contributed by atoms with E-state index in [-0.39, 0.29) is 18.5 Å². The van der Waals surface area contributed by atoms with Crippen LogP contribution in [0.25, 0.3) is 0 Å². The molecule has 0 saturated carbocycles. The summed E-state index contributed by atoms with van der Waals surface area (Å²) in [5.74, 6) is 2.50. The topological polar surface area (TPSA) is 58.6 Å². The van der Waals surface area contributed by atoms with Crippen molar-refractivity contribution < 1.29 is 14.3 Å². The molecule has 1 heterocycles. The molecular formula is C16H22N2O3S. The summed E-state index contributed by atoms with van der Waals surface area (Å²) in [7, 11) is 0. The number of imide groups is 1. The molecule has 1 aliphatic rings. The molecule has 3 amide bonds. The number of benzene rings is 1. The van der Waals surface area contributed by atoms with Crippen molar-refractivity contribution in [2.75, 3.05) is 31.2 Å². The molecule has 0 atom stereocenters. The molecule has 1 aromatic carbocycles. The predicted molar refractivity (Wildman–Crippen MR) is 88.5 cm³/mol. The van der Waals surface area contributed by atoms with Crippen molar-refractivity contribution in [1.82, 2.24) is 10.2 Å². The lowest BCUT2D eigenvalue weighted by Crippen LogP contribution is -2.32. The van der Waals surface area contributed by atoms with Gasteiger partial charge < -0.3 is 10.1 Å². The number of nitrogens with zero attached hydrogens (tertiary/aromatic N) is 1. The molecule has 0 aliphatic carbocycles. The van der Waals surface area contributed by atoms with Crippen LogP contribution in [0.5, 0.6) is 5.75 Å². The first kappa shape index (κ1) is 16.7. The molecular weight excluding hydrogens is 300 g/mol. The van der Waals surface area contributed by atoms with E-state index in [1.165, 1.54) is 16.0 Å². The fourth-order valence-corrected chi connectivity index (χ4v) is 3.14. The maximum atomic E-state index is 11.4. The van der Waals surface area contributed by atoms with Gasteiger partial charge in [0.2, 0.25) is 5.91 Å². The van der Waals surface area contributed by atoms with Gasteiger partial charge in [-0.2, -0.15) is 11.8 Å². The Bertz CT molecular complexity index is 512. The third-order valence-electron chi connectivity index (χ3n) is 3.29. The van der Waals surface area contributed by atoms with Gasteiger partial charge in [-0.1, -0.05) is 6.07 Å². The van der Waals surface area contributed by atoms with Crippen molar-refractivity contribution in [1.29, 1.82) is 0 Å². The molecule has 2 rings (SSSR count). The average molecular weight is 322 g/mol. The van der Waals surface area contributed by atoms with E-state index in [4.69, 9.17) is 4.74 Å². The first-order chi connectivity index (χ1) is 10.6. The van der Waals surface area contributed by atoms with Crippen LogP contribution in [0.3, 0.4) is 0 Å². The Morgan fingerprint density at radius 1 is 1.18 bits per heavy atom. The van der Waals surface area contributed by atoms with Crippen molar-refractivity contribution in [3.05, 3.63) is 29.3 Å². The SMILES string of the molecule is Cc1cc(C)cc(OCCCSCCN2C(=O)CNC2=O)c1. The van der Waals surface area contributed by atoms with Crippen LogP contribution in [-0.2, 0) is 4.79 Å². The van der Waals surface area contributed by atoms with Gasteiger partial charge in [0, 0.05) is 12.3 Å². The Hall–Kier alpha value is -1.69. The smallest absolute Gasteiger partial charge is 0.324 e. The molecule has 120 valence electrons. The minimum absolute atomic E-state index is 0.132. The lowest BCUT2D eigenvalue weighted by atomic mass is 10.1. The van der Waals surface area contributed by atoms with Crippen LogP contribution in [0, 0.1) is 13.8 Å². The van der Waals surface area contributed by atoms with Gasteiger partial charge >= 0.3 is 6.03 Å². The largest absolute Gasteiger partial charge is 0.494 e. The molecule has 0 radical (unpaired) electrons. The zero-order valence-corrected chi connectivity index (χ0v) is 13.9. The van der Waals surface area contributed by atoms with Crippen LogP contribution in [0.1, 0.15) is 17.5 Å². The van der Waals surface area contributed by atoms with Crippen LogP contribution >= 0.6 is 11.8 Å². The Morgan fingerprint density at radius 3 is 2.55 bits per heavy atom. The first-order valence-corrected chi connectivity index (χ1v) is 8.59. The first-order valence-electron chi connectivity index (χ1n) is 7.43. The van der Waals surface area contributed by atoms with Crippen LogP contribution in [0.4, 0.5) is 4.79 Å². The summed E-state index contributed by atoms with van der Waals surface area (Å²) < 4.78 is 5.74. The fraction of sp³-hybridized carbons (Fsp3) is 0.500. The number of rotatable bonds is 8. The summed E-state index contributed by atoms with van der Waals surface area (Å²) in [5.41, 5.74) is 2.41. The molecule has 1 aliphatic heterocycles. The number of urea groups is 1. The van der Waals surface area contributed by atoms with Crippen molar-refractivity contribution >= 4 is 23.7 Å². The van der Waals surface area contributed by atoms with Gasteiger partial charge in [0.15, 0.2) is 0 Å². The summed E-state index contributed by atoms with van der Waals surface area (Å²) in [6, 6.07) is 5.93. The van der Waals surface area contributed by atoms with Crippen LogP contribution < -0.4 is 10.1 Å². The lowest BCUT2D eigenvalue weighted by Gasteiger charge is -2.11. The summed E-state index contributed by atoms with van der Waals surface area (Å²) in [6.07, 6.45) is 0.942. The van der Waals surface area contributed by atoms with Crippen molar-refractivity contribution in [3.63, 3.8) is 0 Å². The number of thioether (sulfide) groups is 1. The molecule has 1 N–H and O–H groups in total. The molecule has 1 fully saturated rings. The van der Waals surface area contributed by atoms with Crippen molar-refractivity contribution in [2.45, 2.75) is 20.3 Å². The second kappa shape index (κ2) is 8.08. The number of amides is 3. The quantitative estimate of drug-likeness (QED) is 0.589. The maximum Gasteiger partial charge on any atom is 0.324 e. The highest BCUT2D eigenvalue weighted by atomic mass is 32.2. The average Bonchev–Trinajstić information content (AvgIpc) is 2.76. The minimum Gasteiger partial charge on any atom is -0.494 e. The van der Waals surface area contributed by atoms with E-state index < -0.39 is 0 Å². The predicted octanol–water partition coefficient (Wildman–Crippen LogP) is 2.36. The Labute approximate surface area is 135 Å². The van der Waals surface area contributed by atoms with E-state index in [0.29, 0.717) is 13.2 Å². The molecule has 5 nitrogen and oxygen atoms in total. The maximum absolute atomic E-state index is 11.4. The van der Waals surface area contributed by atoms with E-state index in [9.17, 15) is 9.59 Å². The van der Waals surface area contributed by atoms with Crippen molar-refractivity contribution in [2.24, 2.45) is 0 Å². The van der Waals surface area contributed by atoms with Gasteiger partial charge in [0.05, 0.1) is 13.2 Å². The molecule has 6 heteroatoms. The van der Waals surface area contributed by atoms with Gasteiger partial charge in [-0.15, -0.1) is 0 Å². The second-order valence-corrected chi connectivity index (χ2v) is 6.57. The summed E-state index contributed by atoms with van der Waals surface area (Å²) >= 11 is 1.73. The number of carbonyl (C=O) groups is 2. The Morgan fingerprint density at radius 2 is 1.91 bits per heavy atom. The summed E-state index contributed by atoms with van der Waals surface area (Å²) in [5, 5.41) is 2.52. The van der Waals surface area contributed by atoms with E-state index in [1.807, 2.05) is 12.1 Å². The minimum atomic E-state index is -0.274. The van der Waals surface area contributed by atoms with Gasteiger partial charge in [-0.3, -0.25) is 9.69 Å². The number of hydrogen-bond donors (Lipinski definition) is 1. The number of aryl methyl sites for hydroxylation is 2. The van der Waals surface area contributed by atoms with E-state index in [1.54, 1.807) is 11.8 Å². The molecule has 0 bridgehead atoms. The molecule has 1 aromatic rings. The highest BCUT2D eigenvalue weighted by molar-refractivity contribution is 7.99. The second-order valence-electron chi connectivity index (χ2n) is 5.34. The molecule has 1 saturated heterocycles. The fourth-order valence-electron chi connectivity index (χ4n) is 2.31. The standard InChI is InChI=1S/C16H22N2O3S/c1-12-8-13(2)10-14(9-12)21-5-3-6-22-7-4-18-15(19)11-17-16(18)20/h8-10H,3-7,11H2,1-2H3,(H,17,20). The molecule has 0 aromatic heterocycles.